The van der Waals surface area contributed by atoms with Gasteiger partial charge in [-0.15, -0.1) is 12.4 Å². The zero-order valence-electron chi connectivity index (χ0n) is 10.0. The van der Waals surface area contributed by atoms with Crippen molar-refractivity contribution in [2.24, 2.45) is 0 Å². The zero-order valence-corrected chi connectivity index (χ0v) is 11.6. The Kier molecular flexibility index (Phi) is 7.96. The third-order valence-electron chi connectivity index (χ3n) is 2.28. The fraction of sp³-hybridized carbons (Fsp3) is 0.417. The van der Waals surface area contributed by atoms with Gasteiger partial charge in [0.15, 0.2) is 0 Å². The molecule has 96 valence electrons. The number of likely N-dealkylation sites (N-methyl/N-ethyl adjacent to an activating group) is 1. The summed E-state index contributed by atoms with van der Waals surface area (Å²) in [6, 6.07) is 5.33. The van der Waals surface area contributed by atoms with Crippen molar-refractivity contribution in [1.29, 1.82) is 0 Å². The maximum absolute atomic E-state index is 11.8. The Morgan fingerprint density at radius 1 is 1.35 bits per heavy atom. The van der Waals surface area contributed by atoms with E-state index in [0.717, 1.165) is 18.7 Å². The molecular weight excluding hydrogens is 259 g/mol. The normalized spacial score (nSPS) is 9.59. The lowest BCUT2D eigenvalue weighted by Crippen LogP contribution is -2.32. The number of benzene rings is 1. The predicted molar refractivity (Wildman–Crippen MR) is 74.3 cm³/mol. The van der Waals surface area contributed by atoms with Crippen molar-refractivity contribution in [1.82, 2.24) is 10.6 Å². The summed E-state index contributed by atoms with van der Waals surface area (Å²) in [6.45, 7) is 6.24. The molecule has 17 heavy (non-hydrogen) atoms. The van der Waals surface area contributed by atoms with Gasteiger partial charge in [0.05, 0.1) is 0 Å². The largest absolute Gasteiger partial charge is 0.351 e. The van der Waals surface area contributed by atoms with Crippen LogP contribution >= 0.6 is 24.0 Å². The number of amides is 1. The third-order valence-corrected chi connectivity index (χ3v) is 2.52. The molecule has 0 saturated heterocycles. The van der Waals surface area contributed by atoms with Crippen molar-refractivity contribution >= 4 is 29.9 Å². The molecule has 0 atom stereocenters. The van der Waals surface area contributed by atoms with Crippen LogP contribution in [0.5, 0.6) is 0 Å². The van der Waals surface area contributed by atoms with Gasteiger partial charge in [-0.1, -0.05) is 24.6 Å². The molecule has 0 aliphatic carbocycles. The van der Waals surface area contributed by atoms with Crippen LogP contribution in [0.2, 0.25) is 5.02 Å². The van der Waals surface area contributed by atoms with E-state index in [9.17, 15) is 4.79 Å². The first kappa shape index (κ1) is 16.2. The number of nitrogens with one attached hydrogen (secondary N) is 2. The van der Waals surface area contributed by atoms with Gasteiger partial charge >= 0.3 is 0 Å². The van der Waals surface area contributed by atoms with Crippen LogP contribution in [0, 0.1) is 6.92 Å². The van der Waals surface area contributed by atoms with Gasteiger partial charge in [-0.3, -0.25) is 4.79 Å². The summed E-state index contributed by atoms with van der Waals surface area (Å²) >= 11 is 5.85. The monoisotopic (exact) mass is 276 g/mol. The van der Waals surface area contributed by atoms with Crippen molar-refractivity contribution in [3.05, 3.63) is 34.3 Å². The number of carbonyl (C=O) groups excluding carboxylic acids is 1. The smallest absolute Gasteiger partial charge is 0.251 e. The van der Waals surface area contributed by atoms with Crippen LogP contribution in [0.25, 0.3) is 0 Å². The molecule has 0 radical (unpaired) electrons. The molecule has 0 heterocycles. The molecule has 1 rings (SSSR count). The predicted octanol–water partition coefficient (Wildman–Crippen LogP) is 2.41. The van der Waals surface area contributed by atoms with Crippen molar-refractivity contribution in [3.8, 4) is 0 Å². The number of rotatable bonds is 5. The summed E-state index contributed by atoms with van der Waals surface area (Å²) in [4.78, 5) is 11.8. The highest BCUT2D eigenvalue weighted by Gasteiger charge is 2.08. The van der Waals surface area contributed by atoms with Gasteiger partial charge in [0.2, 0.25) is 0 Å². The summed E-state index contributed by atoms with van der Waals surface area (Å²) in [7, 11) is 0. The standard InChI is InChI=1S/C12H17ClN2O.ClH/c1-3-14-6-7-15-12(16)11-8-10(13)5-4-9(11)2;/h4-5,8,14H,3,6-7H2,1-2H3,(H,15,16);1H. The molecule has 1 aromatic rings. The first-order chi connectivity index (χ1) is 7.65. The van der Waals surface area contributed by atoms with Crippen LogP contribution in [0.1, 0.15) is 22.8 Å². The molecule has 3 nitrogen and oxygen atoms in total. The fourth-order valence-electron chi connectivity index (χ4n) is 1.38. The number of hydrogen-bond donors (Lipinski definition) is 2. The van der Waals surface area contributed by atoms with Gasteiger partial charge < -0.3 is 10.6 Å². The molecule has 0 bridgehead atoms. The van der Waals surface area contributed by atoms with Crippen molar-refractivity contribution < 1.29 is 4.79 Å². The Labute approximate surface area is 113 Å². The summed E-state index contributed by atoms with van der Waals surface area (Å²) in [6.07, 6.45) is 0. The van der Waals surface area contributed by atoms with E-state index in [-0.39, 0.29) is 18.3 Å². The lowest BCUT2D eigenvalue weighted by Gasteiger charge is -2.08. The summed E-state index contributed by atoms with van der Waals surface area (Å²) in [5.41, 5.74) is 1.58. The van der Waals surface area contributed by atoms with E-state index >= 15 is 0 Å². The van der Waals surface area contributed by atoms with Crippen molar-refractivity contribution in [2.75, 3.05) is 19.6 Å². The highest BCUT2D eigenvalue weighted by Crippen LogP contribution is 2.14. The van der Waals surface area contributed by atoms with Crippen LogP contribution in [0.4, 0.5) is 0 Å². The molecule has 5 heteroatoms. The maximum atomic E-state index is 11.8. The van der Waals surface area contributed by atoms with Gasteiger partial charge in [-0.2, -0.15) is 0 Å². The molecule has 0 spiro atoms. The van der Waals surface area contributed by atoms with E-state index in [1.165, 1.54) is 0 Å². The number of halogens is 2. The minimum absolute atomic E-state index is 0. The molecule has 0 aromatic heterocycles. The van der Waals surface area contributed by atoms with Gasteiger partial charge in [0.1, 0.15) is 0 Å². The van der Waals surface area contributed by atoms with Crippen LogP contribution in [-0.4, -0.2) is 25.5 Å². The second kappa shape index (κ2) is 8.34. The topological polar surface area (TPSA) is 41.1 Å². The van der Waals surface area contributed by atoms with Crippen molar-refractivity contribution in [3.63, 3.8) is 0 Å². The Hall–Kier alpha value is -0.770. The van der Waals surface area contributed by atoms with Crippen LogP contribution in [-0.2, 0) is 0 Å². The first-order valence-electron chi connectivity index (χ1n) is 5.40. The van der Waals surface area contributed by atoms with E-state index in [2.05, 4.69) is 10.6 Å². The van der Waals surface area contributed by atoms with Gasteiger partial charge in [-0.25, -0.2) is 0 Å². The minimum Gasteiger partial charge on any atom is -0.351 e. The molecule has 0 aliphatic heterocycles. The SMILES string of the molecule is CCNCCNC(=O)c1cc(Cl)ccc1C.Cl. The van der Waals surface area contributed by atoms with E-state index in [1.54, 1.807) is 12.1 Å². The molecule has 1 aromatic carbocycles. The van der Waals surface area contributed by atoms with E-state index in [1.807, 2.05) is 19.9 Å². The molecule has 0 unspecified atom stereocenters. The molecular formula is C12H18Cl2N2O. The minimum atomic E-state index is -0.0714. The molecule has 0 fully saturated rings. The Balaban J connectivity index is 0.00000256. The highest BCUT2D eigenvalue weighted by atomic mass is 35.5. The van der Waals surface area contributed by atoms with Gasteiger partial charge in [0, 0.05) is 23.7 Å². The second-order valence-electron chi connectivity index (χ2n) is 3.57. The van der Waals surface area contributed by atoms with Crippen LogP contribution in [0.15, 0.2) is 18.2 Å². The summed E-state index contributed by atoms with van der Waals surface area (Å²) in [5, 5.41) is 6.57. The quantitative estimate of drug-likeness (QED) is 0.811. The maximum Gasteiger partial charge on any atom is 0.251 e. The first-order valence-corrected chi connectivity index (χ1v) is 5.78. The Bertz CT molecular complexity index is 370. The second-order valence-corrected chi connectivity index (χ2v) is 4.01. The van der Waals surface area contributed by atoms with E-state index in [0.29, 0.717) is 17.1 Å². The molecule has 1 amide bonds. The lowest BCUT2D eigenvalue weighted by atomic mass is 10.1. The molecule has 0 aliphatic rings. The average molecular weight is 277 g/mol. The number of hydrogen-bond acceptors (Lipinski definition) is 2. The third kappa shape index (κ3) is 5.39. The lowest BCUT2D eigenvalue weighted by molar-refractivity contribution is 0.0953. The fourth-order valence-corrected chi connectivity index (χ4v) is 1.55. The van der Waals surface area contributed by atoms with E-state index in [4.69, 9.17) is 11.6 Å². The molecule has 2 N–H and O–H groups in total. The zero-order chi connectivity index (χ0) is 12.0. The number of carbonyl (C=O) groups is 1. The van der Waals surface area contributed by atoms with Crippen LogP contribution < -0.4 is 10.6 Å². The van der Waals surface area contributed by atoms with Crippen molar-refractivity contribution in [2.45, 2.75) is 13.8 Å². The van der Waals surface area contributed by atoms with E-state index < -0.39 is 0 Å². The summed E-state index contributed by atoms with van der Waals surface area (Å²) < 4.78 is 0. The Morgan fingerprint density at radius 3 is 2.71 bits per heavy atom. The average Bonchev–Trinajstić information content (AvgIpc) is 2.27. The van der Waals surface area contributed by atoms with Crippen LogP contribution in [0.3, 0.4) is 0 Å². The van der Waals surface area contributed by atoms with Gasteiger partial charge in [-0.05, 0) is 31.2 Å². The Morgan fingerprint density at radius 2 is 2.06 bits per heavy atom. The molecule has 0 saturated carbocycles. The highest BCUT2D eigenvalue weighted by molar-refractivity contribution is 6.31. The summed E-state index contributed by atoms with van der Waals surface area (Å²) in [5.74, 6) is -0.0714. The van der Waals surface area contributed by atoms with Gasteiger partial charge in [0.25, 0.3) is 5.91 Å². The number of aryl methyl sites for hydroxylation is 1.